The Kier molecular flexibility index (Phi) is 6.28. The minimum absolute atomic E-state index is 0.00405. The number of carbonyl (C=O) groups is 1. The Hall–Kier alpha value is -2.60. The number of benzene rings is 1. The Balaban J connectivity index is 1.48. The van der Waals surface area contributed by atoms with Gasteiger partial charge in [-0.25, -0.2) is 18.7 Å². The third-order valence-corrected chi connectivity index (χ3v) is 8.03. The summed E-state index contributed by atoms with van der Waals surface area (Å²) in [5.41, 5.74) is -0.709. The molecule has 0 spiro atoms. The van der Waals surface area contributed by atoms with Crippen molar-refractivity contribution in [1.82, 2.24) is 24.3 Å². The van der Waals surface area contributed by atoms with Gasteiger partial charge >= 0.3 is 5.69 Å². The largest absolute Gasteiger partial charge is 0.352 e. The summed E-state index contributed by atoms with van der Waals surface area (Å²) in [6.45, 7) is 0. The van der Waals surface area contributed by atoms with Crippen LogP contribution in [0.2, 0.25) is 0 Å². The third kappa shape index (κ3) is 4.31. The molecule has 1 amide bonds. The number of pyridine rings is 1. The quantitative estimate of drug-likeness (QED) is 0.462. The first-order valence-corrected chi connectivity index (χ1v) is 12.9. The van der Waals surface area contributed by atoms with E-state index in [9.17, 15) is 18.8 Å². The molecule has 2 fully saturated rings. The summed E-state index contributed by atoms with van der Waals surface area (Å²) in [5, 5.41) is 3.24. The molecule has 35 heavy (non-hydrogen) atoms. The predicted molar refractivity (Wildman–Crippen MR) is 139 cm³/mol. The zero-order chi connectivity index (χ0) is 24.9. The molecule has 2 aliphatic rings. The van der Waals surface area contributed by atoms with E-state index in [1.54, 1.807) is 6.07 Å². The van der Waals surface area contributed by atoms with Gasteiger partial charge in [-0.15, -0.1) is 0 Å². The number of hydrogen-bond donors (Lipinski definition) is 1. The van der Waals surface area contributed by atoms with Gasteiger partial charge in [-0.1, -0.05) is 6.07 Å². The SMILES string of the molecule is CN(C)C1(C(=O)NC2CCC(n3c(=O)c4cc(F)cnc4n(-c4cccc(I)c4)c3=O)CC2)CC1. The molecule has 1 N–H and O–H groups in total. The van der Waals surface area contributed by atoms with Crippen molar-refractivity contribution < 1.29 is 9.18 Å². The Morgan fingerprint density at radius 2 is 1.89 bits per heavy atom. The predicted octanol–water partition coefficient (Wildman–Crippen LogP) is 2.99. The normalized spacial score (nSPS) is 21.3. The van der Waals surface area contributed by atoms with Crippen LogP contribution in [0.25, 0.3) is 16.7 Å². The van der Waals surface area contributed by atoms with Gasteiger partial charge in [0, 0.05) is 15.7 Å². The fourth-order valence-corrected chi connectivity index (χ4v) is 5.67. The van der Waals surface area contributed by atoms with Crippen LogP contribution in [-0.2, 0) is 4.79 Å². The van der Waals surface area contributed by atoms with Gasteiger partial charge in [-0.2, -0.15) is 0 Å². The number of rotatable bonds is 5. The molecule has 2 heterocycles. The van der Waals surface area contributed by atoms with Crippen molar-refractivity contribution in [1.29, 1.82) is 0 Å². The van der Waals surface area contributed by atoms with Crippen LogP contribution in [0.5, 0.6) is 0 Å². The first-order valence-electron chi connectivity index (χ1n) is 11.8. The fraction of sp³-hybridized carbons (Fsp3) is 0.440. The molecule has 5 rings (SSSR count). The second-order valence-electron chi connectivity index (χ2n) is 9.70. The summed E-state index contributed by atoms with van der Waals surface area (Å²) < 4.78 is 17.6. The van der Waals surface area contributed by atoms with Crippen molar-refractivity contribution in [2.45, 2.75) is 56.1 Å². The number of hydrogen-bond acceptors (Lipinski definition) is 5. The van der Waals surface area contributed by atoms with Gasteiger partial charge in [0.05, 0.1) is 22.8 Å². The Morgan fingerprint density at radius 1 is 1.17 bits per heavy atom. The summed E-state index contributed by atoms with van der Waals surface area (Å²) in [6, 6.07) is 8.13. The highest BCUT2D eigenvalue weighted by molar-refractivity contribution is 14.1. The average molecular weight is 591 g/mol. The zero-order valence-corrected chi connectivity index (χ0v) is 21.8. The molecule has 8 nitrogen and oxygen atoms in total. The molecule has 0 unspecified atom stereocenters. The number of amides is 1. The minimum Gasteiger partial charge on any atom is -0.352 e. The van der Waals surface area contributed by atoms with Crippen LogP contribution in [0.1, 0.15) is 44.6 Å². The van der Waals surface area contributed by atoms with Crippen LogP contribution in [0.4, 0.5) is 4.39 Å². The highest BCUT2D eigenvalue weighted by Crippen LogP contribution is 2.40. The van der Waals surface area contributed by atoms with Gasteiger partial charge < -0.3 is 5.32 Å². The Morgan fingerprint density at radius 3 is 2.51 bits per heavy atom. The lowest BCUT2D eigenvalue weighted by Gasteiger charge is -2.32. The number of halogens is 2. The maximum atomic E-state index is 14.1. The standard InChI is InChI=1S/C25H27FIN5O3/c1-30(2)25(10-11-25)23(34)29-17-6-8-18(9-7-17)32-22(33)20-12-15(26)14-28-21(20)31(24(32)35)19-5-3-4-16(27)13-19/h3-5,12-14,17-18H,6-11H2,1-2H3,(H,29,34). The summed E-state index contributed by atoms with van der Waals surface area (Å²) in [7, 11) is 3.85. The summed E-state index contributed by atoms with van der Waals surface area (Å²) in [5.74, 6) is -0.577. The lowest BCUT2D eigenvalue weighted by Crippen LogP contribution is -2.50. The van der Waals surface area contributed by atoms with Crippen molar-refractivity contribution in [3.63, 3.8) is 0 Å². The molecule has 2 saturated carbocycles. The highest BCUT2D eigenvalue weighted by atomic mass is 127. The van der Waals surface area contributed by atoms with Gasteiger partial charge in [0.1, 0.15) is 5.82 Å². The van der Waals surface area contributed by atoms with E-state index in [-0.39, 0.29) is 29.0 Å². The smallest absolute Gasteiger partial charge is 0.337 e. The number of likely N-dealkylation sites (N-methyl/N-ethyl adjacent to an activating group) is 1. The Labute approximate surface area is 215 Å². The molecule has 0 aliphatic heterocycles. The highest BCUT2D eigenvalue weighted by Gasteiger charge is 2.52. The lowest BCUT2D eigenvalue weighted by atomic mass is 9.90. The van der Waals surface area contributed by atoms with Gasteiger partial charge in [0.25, 0.3) is 5.56 Å². The first-order chi connectivity index (χ1) is 16.7. The molecule has 2 aliphatic carbocycles. The molecule has 0 radical (unpaired) electrons. The summed E-state index contributed by atoms with van der Waals surface area (Å²) >= 11 is 2.16. The average Bonchev–Trinajstić information content (AvgIpc) is 3.63. The molecule has 184 valence electrons. The van der Waals surface area contributed by atoms with E-state index in [2.05, 4.69) is 32.9 Å². The zero-order valence-electron chi connectivity index (χ0n) is 19.6. The van der Waals surface area contributed by atoms with E-state index in [4.69, 9.17) is 0 Å². The van der Waals surface area contributed by atoms with Crippen molar-refractivity contribution in [2.75, 3.05) is 14.1 Å². The van der Waals surface area contributed by atoms with E-state index >= 15 is 0 Å². The van der Waals surface area contributed by atoms with E-state index in [1.165, 1.54) is 9.13 Å². The maximum absolute atomic E-state index is 14.1. The summed E-state index contributed by atoms with van der Waals surface area (Å²) in [4.78, 5) is 46.0. The van der Waals surface area contributed by atoms with Gasteiger partial charge in [0.2, 0.25) is 5.91 Å². The number of fused-ring (bicyclic) bond motifs is 1. The van der Waals surface area contributed by atoms with Gasteiger partial charge in [-0.05, 0) is 99.5 Å². The van der Waals surface area contributed by atoms with Crippen LogP contribution >= 0.6 is 22.6 Å². The number of nitrogens with one attached hydrogen (secondary N) is 1. The monoisotopic (exact) mass is 591 g/mol. The van der Waals surface area contributed by atoms with Crippen molar-refractivity contribution in [3.8, 4) is 5.69 Å². The van der Waals surface area contributed by atoms with E-state index in [1.807, 2.05) is 37.2 Å². The topological polar surface area (TPSA) is 89.2 Å². The number of nitrogens with zero attached hydrogens (tertiary/aromatic N) is 4. The number of aromatic nitrogens is 3. The van der Waals surface area contributed by atoms with E-state index in [0.717, 1.165) is 28.7 Å². The van der Waals surface area contributed by atoms with Crippen molar-refractivity contribution >= 4 is 39.5 Å². The maximum Gasteiger partial charge on any atom is 0.337 e. The second kappa shape index (κ2) is 9.12. The lowest BCUT2D eigenvalue weighted by molar-refractivity contribution is -0.128. The molecule has 3 aromatic rings. The van der Waals surface area contributed by atoms with Crippen molar-refractivity contribution in [2.24, 2.45) is 0 Å². The first kappa shape index (κ1) is 24.1. The third-order valence-electron chi connectivity index (χ3n) is 7.36. The molecule has 2 aromatic heterocycles. The minimum atomic E-state index is -0.629. The molecule has 10 heteroatoms. The Bertz CT molecular complexity index is 1420. The molecular formula is C25H27FIN5O3. The van der Waals surface area contributed by atoms with Crippen molar-refractivity contribution in [3.05, 3.63) is 66.8 Å². The molecule has 0 saturated heterocycles. The summed E-state index contributed by atoms with van der Waals surface area (Å²) in [6.07, 6.45) is 5.19. The second-order valence-corrected chi connectivity index (χ2v) is 10.9. The van der Waals surface area contributed by atoms with Gasteiger partial charge in [-0.3, -0.25) is 19.1 Å². The van der Waals surface area contributed by atoms with E-state index in [0.29, 0.717) is 31.4 Å². The molecule has 1 aromatic carbocycles. The van der Waals surface area contributed by atoms with Crippen LogP contribution in [0, 0.1) is 9.39 Å². The molecule has 0 bridgehead atoms. The number of carbonyl (C=O) groups excluding carboxylic acids is 1. The van der Waals surface area contributed by atoms with Crippen LogP contribution < -0.4 is 16.6 Å². The van der Waals surface area contributed by atoms with Crippen LogP contribution in [0.3, 0.4) is 0 Å². The fourth-order valence-electron chi connectivity index (χ4n) is 5.15. The molecule has 0 atom stereocenters. The molecular weight excluding hydrogens is 564 g/mol. The van der Waals surface area contributed by atoms with E-state index < -0.39 is 22.6 Å². The van der Waals surface area contributed by atoms with Gasteiger partial charge in [0.15, 0.2) is 5.65 Å². The van der Waals surface area contributed by atoms with Crippen LogP contribution in [-0.4, -0.2) is 50.6 Å². The van der Waals surface area contributed by atoms with Crippen LogP contribution in [0.15, 0.2) is 46.1 Å².